The van der Waals surface area contributed by atoms with Crippen LogP contribution in [0.1, 0.15) is 52.0 Å². The van der Waals surface area contributed by atoms with Crippen molar-refractivity contribution in [2.24, 2.45) is 11.7 Å². The van der Waals surface area contributed by atoms with Gasteiger partial charge in [0, 0.05) is 11.7 Å². The number of nitrogens with two attached hydrogens (primary N) is 1. The average molecular weight is 260 g/mol. The van der Waals surface area contributed by atoms with E-state index >= 15 is 0 Å². The van der Waals surface area contributed by atoms with E-state index in [2.05, 4.69) is 50.4 Å². The van der Waals surface area contributed by atoms with Crippen LogP contribution in [0, 0.1) is 5.92 Å². The maximum Gasteiger partial charge on any atom is 0.0342 e. The van der Waals surface area contributed by atoms with Crippen LogP contribution in [0.4, 0.5) is 5.69 Å². The molecule has 1 aliphatic rings. The minimum absolute atomic E-state index is 0.274. The summed E-state index contributed by atoms with van der Waals surface area (Å²) < 4.78 is 0. The molecule has 0 aromatic heterocycles. The smallest absolute Gasteiger partial charge is 0.0342 e. The minimum Gasteiger partial charge on any atom is -0.382 e. The summed E-state index contributed by atoms with van der Waals surface area (Å²) in [6, 6.07) is 9.59. The lowest BCUT2D eigenvalue weighted by Gasteiger charge is -2.24. The summed E-state index contributed by atoms with van der Waals surface area (Å²) >= 11 is 0. The molecule has 1 aromatic rings. The Labute approximate surface area is 117 Å². The van der Waals surface area contributed by atoms with Crippen LogP contribution >= 0.6 is 0 Å². The molecule has 1 fully saturated rings. The zero-order valence-electron chi connectivity index (χ0n) is 12.6. The van der Waals surface area contributed by atoms with E-state index in [-0.39, 0.29) is 5.41 Å². The fourth-order valence-corrected chi connectivity index (χ4v) is 2.88. The molecule has 2 heteroatoms. The molecule has 0 bridgehead atoms. The van der Waals surface area contributed by atoms with Crippen LogP contribution in [0.25, 0.3) is 0 Å². The Bertz CT molecular complexity index is 394. The van der Waals surface area contributed by atoms with Crippen molar-refractivity contribution in [1.29, 1.82) is 0 Å². The second-order valence-corrected chi connectivity index (χ2v) is 6.57. The van der Waals surface area contributed by atoms with E-state index in [4.69, 9.17) is 5.73 Å². The minimum atomic E-state index is 0.274. The first-order valence-corrected chi connectivity index (χ1v) is 7.62. The molecule has 0 spiro atoms. The Morgan fingerprint density at radius 3 is 2.42 bits per heavy atom. The molecule has 0 radical (unpaired) electrons. The molecule has 2 rings (SSSR count). The van der Waals surface area contributed by atoms with Crippen molar-refractivity contribution >= 4 is 5.69 Å². The highest BCUT2D eigenvalue weighted by molar-refractivity contribution is 5.46. The van der Waals surface area contributed by atoms with Gasteiger partial charge in [-0.05, 0) is 61.3 Å². The first-order valence-electron chi connectivity index (χ1n) is 7.62. The predicted molar refractivity (Wildman–Crippen MR) is 83.6 cm³/mol. The van der Waals surface area contributed by atoms with Gasteiger partial charge < -0.3 is 11.1 Å². The number of benzene rings is 1. The molecule has 0 amide bonds. The SMILES string of the molecule is CCC(C)(C)c1ccc(NC2CCC(CN)C2)cc1. The lowest BCUT2D eigenvalue weighted by molar-refractivity contribution is 0.506. The van der Waals surface area contributed by atoms with Gasteiger partial charge in [-0.15, -0.1) is 0 Å². The van der Waals surface area contributed by atoms with Gasteiger partial charge in [0.05, 0.1) is 0 Å². The second-order valence-electron chi connectivity index (χ2n) is 6.57. The molecule has 1 aliphatic carbocycles. The van der Waals surface area contributed by atoms with Crippen LogP contribution in [0.3, 0.4) is 0 Å². The molecule has 1 aromatic carbocycles. The Balaban J connectivity index is 1.96. The van der Waals surface area contributed by atoms with Crippen LogP contribution in [-0.2, 0) is 5.41 Å². The van der Waals surface area contributed by atoms with E-state index in [0.717, 1.165) is 12.5 Å². The van der Waals surface area contributed by atoms with Gasteiger partial charge in [-0.25, -0.2) is 0 Å². The lowest BCUT2D eigenvalue weighted by atomic mass is 9.82. The fraction of sp³-hybridized carbons (Fsp3) is 0.647. The van der Waals surface area contributed by atoms with E-state index in [1.54, 1.807) is 0 Å². The molecule has 106 valence electrons. The molecule has 2 atom stereocenters. The third kappa shape index (κ3) is 3.50. The van der Waals surface area contributed by atoms with Crippen LogP contribution in [0.15, 0.2) is 24.3 Å². The maximum atomic E-state index is 5.74. The molecule has 0 saturated heterocycles. The summed E-state index contributed by atoms with van der Waals surface area (Å²) in [4.78, 5) is 0. The van der Waals surface area contributed by atoms with E-state index in [1.165, 1.54) is 36.9 Å². The number of hydrogen-bond acceptors (Lipinski definition) is 2. The molecular weight excluding hydrogens is 232 g/mol. The molecule has 2 unspecified atom stereocenters. The standard InChI is InChI=1S/C17H28N2/c1-4-17(2,3)14-6-9-15(10-7-14)19-16-8-5-13(11-16)12-18/h6-7,9-10,13,16,19H,4-5,8,11-12,18H2,1-3H3. The lowest BCUT2D eigenvalue weighted by Crippen LogP contribution is -2.18. The number of rotatable bonds is 5. The Kier molecular flexibility index (Phi) is 4.51. The molecule has 1 saturated carbocycles. The topological polar surface area (TPSA) is 38.0 Å². The van der Waals surface area contributed by atoms with Gasteiger partial charge in [-0.3, -0.25) is 0 Å². The normalized spacial score (nSPS) is 23.6. The molecule has 3 N–H and O–H groups in total. The first kappa shape index (κ1) is 14.4. The predicted octanol–water partition coefficient (Wildman–Crippen LogP) is 3.91. The summed E-state index contributed by atoms with van der Waals surface area (Å²) in [5.74, 6) is 0.718. The number of anilines is 1. The zero-order chi connectivity index (χ0) is 13.9. The van der Waals surface area contributed by atoms with Crippen LogP contribution in [0.5, 0.6) is 0 Å². The molecule has 0 heterocycles. The van der Waals surface area contributed by atoms with Gasteiger partial charge in [-0.1, -0.05) is 32.9 Å². The van der Waals surface area contributed by atoms with Crippen molar-refractivity contribution in [3.63, 3.8) is 0 Å². The largest absolute Gasteiger partial charge is 0.382 e. The summed E-state index contributed by atoms with van der Waals surface area (Å²) in [7, 11) is 0. The molecular formula is C17H28N2. The monoisotopic (exact) mass is 260 g/mol. The zero-order valence-corrected chi connectivity index (χ0v) is 12.6. The Hall–Kier alpha value is -1.02. The second kappa shape index (κ2) is 5.96. The van der Waals surface area contributed by atoms with Gasteiger partial charge in [0.15, 0.2) is 0 Å². The van der Waals surface area contributed by atoms with Crippen molar-refractivity contribution in [3.8, 4) is 0 Å². The van der Waals surface area contributed by atoms with Crippen molar-refractivity contribution in [3.05, 3.63) is 29.8 Å². The van der Waals surface area contributed by atoms with E-state index in [9.17, 15) is 0 Å². The van der Waals surface area contributed by atoms with Crippen LogP contribution in [0.2, 0.25) is 0 Å². The third-order valence-electron chi connectivity index (χ3n) is 4.80. The summed E-state index contributed by atoms with van der Waals surface area (Å²) in [5.41, 5.74) is 8.69. The van der Waals surface area contributed by atoms with Crippen molar-refractivity contribution < 1.29 is 0 Å². The summed E-state index contributed by atoms with van der Waals surface area (Å²) in [6.07, 6.45) is 4.92. The van der Waals surface area contributed by atoms with Gasteiger partial charge in [0.25, 0.3) is 0 Å². The Morgan fingerprint density at radius 1 is 1.21 bits per heavy atom. The van der Waals surface area contributed by atoms with E-state index < -0.39 is 0 Å². The van der Waals surface area contributed by atoms with Crippen molar-refractivity contribution in [2.75, 3.05) is 11.9 Å². The van der Waals surface area contributed by atoms with Crippen molar-refractivity contribution in [1.82, 2.24) is 0 Å². The highest BCUT2D eigenvalue weighted by Crippen LogP contribution is 2.30. The molecule has 0 aliphatic heterocycles. The molecule has 2 nitrogen and oxygen atoms in total. The Morgan fingerprint density at radius 2 is 1.89 bits per heavy atom. The summed E-state index contributed by atoms with van der Waals surface area (Å²) in [5, 5.41) is 3.65. The maximum absolute atomic E-state index is 5.74. The summed E-state index contributed by atoms with van der Waals surface area (Å²) in [6.45, 7) is 7.69. The van der Waals surface area contributed by atoms with Gasteiger partial charge >= 0.3 is 0 Å². The van der Waals surface area contributed by atoms with Gasteiger partial charge in [0.2, 0.25) is 0 Å². The van der Waals surface area contributed by atoms with E-state index in [1.807, 2.05) is 0 Å². The fourth-order valence-electron chi connectivity index (χ4n) is 2.88. The molecule has 19 heavy (non-hydrogen) atoms. The highest BCUT2D eigenvalue weighted by atomic mass is 14.9. The number of nitrogens with one attached hydrogen (secondary N) is 1. The quantitative estimate of drug-likeness (QED) is 0.842. The van der Waals surface area contributed by atoms with E-state index in [0.29, 0.717) is 6.04 Å². The van der Waals surface area contributed by atoms with Gasteiger partial charge in [-0.2, -0.15) is 0 Å². The average Bonchev–Trinajstić information content (AvgIpc) is 2.87. The van der Waals surface area contributed by atoms with Gasteiger partial charge in [0.1, 0.15) is 0 Å². The van der Waals surface area contributed by atoms with Crippen LogP contribution < -0.4 is 11.1 Å². The van der Waals surface area contributed by atoms with Crippen LogP contribution in [-0.4, -0.2) is 12.6 Å². The number of hydrogen-bond donors (Lipinski definition) is 2. The third-order valence-corrected chi connectivity index (χ3v) is 4.80. The van der Waals surface area contributed by atoms with Crippen molar-refractivity contribution in [2.45, 2.75) is 57.9 Å². The highest BCUT2D eigenvalue weighted by Gasteiger charge is 2.23. The first-order chi connectivity index (χ1) is 9.05.